The monoisotopic (exact) mass is 417 g/mol. The summed E-state index contributed by atoms with van der Waals surface area (Å²) in [5.74, 6) is -0.0709. The summed E-state index contributed by atoms with van der Waals surface area (Å²) in [4.78, 5) is 14.5. The minimum Gasteiger partial charge on any atom is -0.381 e. The van der Waals surface area contributed by atoms with Crippen LogP contribution in [-0.4, -0.2) is 36.1 Å². The Bertz CT molecular complexity index is 942. The van der Waals surface area contributed by atoms with Crippen molar-refractivity contribution in [1.29, 1.82) is 5.26 Å². The third-order valence-corrected chi connectivity index (χ3v) is 4.85. The SMILES string of the molecule is CC1CN(C(=O)c2ccc(CNc3ccc(C#N)c(C(F)(F)F)c3)cc2)CC(C)O1. The molecule has 0 spiro atoms. The maximum Gasteiger partial charge on any atom is 0.417 e. The van der Waals surface area contributed by atoms with E-state index >= 15 is 0 Å². The number of rotatable bonds is 4. The van der Waals surface area contributed by atoms with Crippen molar-refractivity contribution in [1.82, 2.24) is 4.90 Å². The molecule has 1 saturated heterocycles. The second-order valence-electron chi connectivity index (χ2n) is 7.39. The molecule has 1 aliphatic rings. The molecule has 2 atom stereocenters. The van der Waals surface area contributed by atoms with Crippen LogP contribution in [0.5, 0.6) is 0 Å². The molecule has 0 aliphatic carbocycles. The first-order chi connectivity index (χ1) is 14.2. The summed E-state index contributed by atoms with van der Waals surface area (Å²) < 4.78 is 44.9. The van der Waals surface area contributed by atoms with Crippen molar-refractivity contribution in [3.63, 3.8) is 0 Å². The Kier molecular flexibility index (Phi) is 6.32. The first-order valence-electron chi connectivity index (χ1n) is 9.56. The van der Waals surface area contributed by atoms with Gasteiger partial charge in [0.05, 0.1) is 29.4 Å². The van der Waals surface area contributed by atoms with Gasteiger partial charge < -0.3 is 15.0 Å². The Labute approximate surface area is 173 Å². The van der Waals surface area contributed by atoms with Gasteiger partial charge in [-0.3, -0.25) is 4.79 Å². The molecule has 1 N–H and O–H groups in total. The topological polar surface area (TPSA) is 65.4 Å². The zero-order valence-corrected chi connectivity index (χ0v) is 16.7. The third kappa shape index (κ3) is 5.10. The van der Waals surface area contributed by atoms with Gasteiger partial charge in [0.2, 0.25) is 0 Å². The summed E-state index contributed by atoms with van der Waals surface area (Å²) in [6.45, 7) is 5.21. The fourth-order valence-electron chi connectivity index (χ4n) is 3.48. The molecule has 30 heavy (non-hydrogen) atoms. The fraction of sp³-hybridized carbons (Fsp3) is 0.364. The minimum absolute atomic E-state index is 0.0183. The number of ether oxygens (including phenoxy) is 1. The van der Waals surface area contributed by atoms with E-state index in [0.29, 0.717) is 18.7 Å². The average Bonchev–Trinajstić information content (AvgIpc) is 2.70. The van der Waals surface area contributed by atoms with Crippen LogP contribution in [0.4, 0.5) is 18.9 Å². The molecule has 8 heteroatoms. The molecule has 1 aliphatic heterocycles. The van der Waals surface area contributed by atoms with Crippen LogP contribution in [0.25, 0.3) is 0 Å². The van der Waals surface area contributed by atoms with E-state index in [1.54, 1.807) is 35.2 Å². The Morgan fingerprint density at radius 3 is 2.37 bits per heavy atom. The summed E-state index contributed by atoms with van der Waals surface area (Å²) in [6, 6.07) is 12.0. The molecule has 3 rings (SSSR count). The normalized spacial score (nSPS) is 19.3. The largest absolute Gasteiger partial charge is 0.417 e. The lowest BCUT2D eigenvalue weighted by molar-refractivity contribution is -0.137. The van der Waals surface area contributed by atoms with E-state index in [1.165, 1.54) is 6.07 Å². The highest BCUT2D eigenvalue weighted by atomic mass is 19.4. The number of benzene rings is 2. The lowest BCUT2D eigenvalue weighted by Crippen LogP contribution is -2.48. The van der Waals surface area contributed by atoms with Crippen LogP contribution in [0.1, 0.15) is 40.9 Å². The van der Waals surface area contributed by atoms with E-state index in [9.17, 15) is 18.0 Å². The van der Waals surface area contributed by atoms with Gasteiger partial charge in [-0.2, -0.15) is 18.4 Å². The first kappa shape index (κ1) is 21.7. The maximum absolute atomic E-state index is 13.1. The first-order valence-corrected chi connectivity index (χ1v) is 9.56. The van der Waals surface area contributed by atoms with Crippen LogP contribution >= 0.6 is 0 Å². The molecular formula is C22H22F3N3O2. The van der Waals surface area contributed by atoms with Crippen molar-refractivity contribution in [3.8, 4) is 6.07 Å². The van der Waals surface area contributed by atoms with Crippen molar-refractivity contribution in [2.75, 3.05) is 18.4 Å². The molecule has 0 saturated carbocycles. The predicted molar refractivity (Wildman–Crippen MR) is 106 cm³/mol. The summed E-state index contributed by atoms with van der Waals surface area (Å²) in [5, 5.41) is 11.8. The van der Waals surface area contributed by atoms with Gasteiger partial charge in [-0.05, 0) is 49.7 Å². The van der Waals surface area contributed by atoms with Crippen molar-refractivity contribution in [2.24, 2.45) is 0 Å². The lowest BCUT2D eigenvalue weighted by atomic mass is 10.1. The van der Waals surface area contributed by atoms with Gasteiger partial charge in [0, 0.05) is 30.9 Å². The molecule has 5 nitrogen and oxygen atoms in total. The quantitative estimate of drug-likeness (QED) is 0.799. The number of anilines is 1. The number of hydrogen-bond acceptors (Lipinski definition) is 4. The van der Waals surface area contributed by atoms with Crippen LogP contribution in [0.2, 0.25) is 0 Å². The number of hydrogen-bond donors (Lipinski definition) is 1. The summed E-state index contributed by atoms with van der Waals surface area (Å²) in [5.41, 5.74) is 0.247. The molecule has 2 aromatic rings. The molecule has 2 aromatic carbocycles. The van der Waals surface area contributed by atoms with Gasteiger partial charge in [-0.25, -0.2) is 0 Å². The summed E-state index contributed by atoms with van der Waals surface area (Å²) in [6.07, 6.45) is -4.63. The standard InChI is InChI=1S/C22H22F3N3O2/c1-14-12-28(13-15(2)30-14)21(29)17-5-3-16(4-6-17)11-27-19-8-7-18(10-26)20(9-19)22(23,24)25/h3-9,14-15,27H,11-13H2,1-2H3. The van der Waals surface area contributed by atoms with E-state index < -0.39 is 17.3 Å². The lowest BCUT2D eigenvalue weighted by Gasteiger charge is -2.35. The number of nitriles is 1. The summed E-state index contributed by atoms with van der Waals surface area (Å²) >= 11 is 0. The van der Waals surface area contributed by atoms with E-state index in [4.69, 9.17) is 10.00 Å². The van der Waals surface area contributed by atoms with Crippen LogP contribution in [0, 0.1) is 11.3 Å². The number of carbonyl (C=O) groups is 1. The number of alkyl halides is 3. The highest BCUT2D eigenvalue weighted by Gasteiger charge is 2.33. The third-order valence-electron chi connectivity index (χ3n) is 4.85. The van der Waals surface area contributed by atoms with E-state index in [-0.39, 0.29) is 30.3 Å². The van der Waals surface area contributed by atoms with Gasteiger partial charge >= 0.3 is 6.18 Å². The predicted octanol–water partition coefficient (Wildman–Crippen LogP) is 4.44. The van der Waals surface area contributed by atoms with Crippen molar-refractivity contribution in [3.05, 3.63) is 64.7 Å². The van der Waals surface area contributed by atoms with Crippen LogP contribution in [-0.2, 0) is 17.5 Å². The minimum atomic E-state index is -4.60. The van der Waals surface area contributed by atoms with Gasteiger partial charge in [0.25, 0.3) is 5.91 Å². The van der Waals surface area contributed by atoms with E-state index in [0.717, 1.165) is 17.7 Å². The summed E-state index contributed by atoms with van der Waals surface area (Å²) in [7, 11) is 0. The number of halogens is 3. The molecule has 0 aromatic heterocycles. The van der Waals surface area contributed by atoms with Crippen LogP contribution in [0.15, 0.2) is 42.5 Å². The van der Waals surface area contributed by atoms with E-state index in [2.05, 4.69) is 5.32 Å². The smallest absolute Gasteiger partial charge is 0.381 e. The maximum atomic E-state index is 13.1. The van der Waals surface area contributed by atoms with Gasteiger partial charge in [0.1, 0.15) is 0 Å². The molecule has 158 valence electrons. The highest BCUT2D eigenvalue weighted by molar-refractivity contribution is 5.94. The Morgan fingerprint density at radius 1 is 1.17 bits per heavy atom. The van der Waals surface area contributed by atoms with E-state index in [1.807, 2.05) is 13.8 Å². The van der Waals surface area contributed by atoms with Gasteiger partial charge in [-0.15, -0.1) is 0 Å². The molecule has 1 heterocycles. The van der Waals surface area contributed by atoms with Crippen molar-refractivity contribution < 1.29 is 22.7 Å². The molecule has 2 unspecified atom stereocenters. The molecule has 1 fully saturated rings. The Balaban J connectivity index is 1.65. The highest BCUT2D eigenvalue weighted by Crippen LogP contribution is 2.33. The van der Waals surface area contributed by atoms with Crippen molar-refractivity contribution >= 4 is 11.6 Å². The van der Waals surface area contributed by atoms with Crippen molar-refractivity contribution in [2.45, 2.75) is 38.8 Å². The van der Waals surface area contributed by atoms with Gasteiger partial charge in [-0.1, -0.05) is 12.1 Å². The van der Waals surface area contributed by atoms with Crippen LogP contribution < -0.4 is 5.32 Å². The van der Waals surface area contributed by atoms with Gasteiger partial charge in [0.15, 0.2) is 0 Å². The Morgan fingerprint density at radius 2 is 1.80 bits per heavy atom. The second kappa shape index (κ2) is 8.76. The van der Waals surface area contributed by atoms with Crippen LogP contribution in [0.3, 0.4) is 0 Å². The molecule has 0 radical (unpaired) electrons. The Hall–Kier alpha value is -3.05. The number of amides is 1. The number of morpholine rings is 1. The second-order valence-corrected chi connectivity index (χ2v) is 7.39. The molecule has 1 amide bonds. The molecular weight excluding hydrogens is 395 g/mol. The number of nitrogens with one attached hydrogen (secondary N) is 1. The molecule has 0 bridgehead atoms. The average molecular weight is 417 g/mol. The zero-order valence-electron chi connectivity index (χ0n) is 16.7. The number of nitrogens with zero attached hydrogens (tertiary/aromatic N) is 2. The fourth-order valence-corrected chi connectivity index (χ4v) is 3.48. The number of carbonyl (C=O) groups excluding carboxylic acids is 1. The zero-order chi connectivity index (χ0) is 21.9.